The number of urea groups is 1. The molecule has 6 heteroatoms. The molecule has 0 aliphatic carbocycles. The van der Waals surface area contributed by atoms with E-state index in [4.69, 9.17) is 16.3 Å². The predicted octanol–water partition coefficient (Wildman–Crippen LogP) is 3.93. The zero-order valence-corrected chi connectivity index (χ0v) is 14.5. The number of rotatable bonds is 1. The van der Waals surface area contributed by atoms with E-state index >= 15 is 0 Å². The fourth-order valence-corrected chi connectivity index (χ4v) is 3.77. The van der Waals surface area contributed by atoms with Gasteiger partial charge < -0.3 is 9.64 Å². The van der Waals surface area contributed by atoms with Crippen molar-refractivity contribution in [2.75, 3.05) is 31.6 Å². The van der Waals surface area contributed by atoms with Gasteiger partial charge in [0.2, 0.25) is 0 Å². The zero-order valence-electron chi connectivity index (χ0n) is 13.7. The number of hydrogen-bond donors (Lipinski definition) is 0. The van der Waals surface area contributed by atoms with Crippen LogP contribution in [0.1, 0.15) is 26.7 Å². The summed E-state index contributed by atoms with van der Waals surface area (Å²) in [6.07, 6.45) is 1.82. The number of amides is 2. The minimum atomic E-state index is -0.500. The Labute approximate surface area is 141 Å². The molecular formula is C17H22ClFN2O2. The SMILES string of the molecule is CN(C(=O)N1CCC2(C1)OCCC2(C)C)c1ccc(Cl)cc1F. The molecule has 126 valence electrons. The third kappa shape index (κ3) is 2.70. The largest absolute Gasteiger partial charge is 0.372 e. The lowest BCUT2D eigenvalue weighted by atomic mass is 9.74. The Bertz CT molecular complexity index is 637. The van der Waals surface area contributed by atoms with E-state index in [9.17, 15) is 9.18 Å². The van der Waals surface area contributed by atoms with E-state index in [1.165, 1.54) is 17.0 Å². The van der Waals surface area contributed by atoms with Crippen molar-refractivity contribution in [3.63, 3.8) is 0 Å². The smallest absolute Gasteiger partial charge is 0.324 e. The number of halogens is 2. The number of carbonyl (C=O) groups is 1. The normalized spacial score (nSPS) is 26.0. The minimum Gasteiger partial charge on any atom is -0.372 e. The van der Waals surface area contributed by atoms with Gasteiger partial charge in [-0.15, -0.1) is 0 Å². The number of benzene rings is 1. The van der Waals surface area contributed by atoms with Crippen molar-refractivity contribution >= 4 is 23.3 Å². The second kappa shape index (κ2) is 5.64. The molecule has 1 atom stereocenters. The van der Waals surface area contributed by atoms with Crippen molar-refractivity contribution in [3.05, 3.63) is 29.0 Å². The molecule has 1 unspecified atom stereocenters. The molecule has 2 fully saturated rings. The van der Waals surface area contributed by atoms with E-state index in [0.717, 1.165) is 19.4 Å². The number of ether oxygens (including phenoxy) is 1. The lowest BCUT2D eigenvalue weighted by Crippen LogP contribution is -2.47. The number of carbonyl (C=O) groups excluding carboxylic acids is 1. The first-order valence-electron chi connectivity index (χ1n) is 7.87. The van der Waals surface area contributed by atoms with Gasteiger partial charge in [0.25, 0.3) is 0 Å². The van der Waals surface area contributed by atoms with Gasteiger partial charge in [0.1, 0.15) is 5.82 Å². The Balaban J connectivity index is 1.77. The summed E-state index contributed by atoms with van der Waals surface area (Å²) < 4.78 is 20.1. The first-order chi connectivity index (χ1) is 10.8. The lowest BCUT2D eigenvalue weighted by molar-refractivity contribution is -0.0387. The van der Waals surface area contributed by atoms with E-state index in [1.807, 2.05) is 0 Å². The van der Waals surface area contributed by atoms with Gasteiger partial charge in [0.05, 0.1) is 17.8 Å². The quantitative estimate of drug-likeness (QED) is 0.776. The van der Waals surface area contributed by atoms with Crippen LogP contribution in [0.5, 0.6) is 0 Å². The maximum absolute atomic E-state index is 14.0. The molecule has 0 N–H and O–H groups in total. The van der Waals surface area contributed by atoms with E-state index in [1.54, 1.807) is 18.0 Å². The van der Waals surface area contributed by atoms with Crippen LogP contribution in [0.4, 0.5) is 14.9 Å². The summed E-state index contributed by atoms with van der Waals surface area (Å²) in [4.78, 5) is 15.8. The minimum absolute atomic E-state index is 0.0477. The highest BCUT2D eigenvalue weighted by Crippen LogP contribution is 2.48. The van der Waals surface area contributed by atoms with E-state index < -0.39 is 5.82 Å². The lowest BCUT2D eigenvalue weighted by Gasteiger charge is -2.36. The van der Waals surface area contributed by atoms with Crippen molar-refractivity contribution in [1.82, 2.24) is 4.90 Å². The Hall–Kier alpha value is -1.33. The van der Waals surface area contributed by atoms with Gasteiger partial charge >= 0.3 is 6.03 Å². The number of nitrogens with zero attached hydrogens (tertiary/aromatic N) is 2. The summed E-state index contributed by atoms with van der Waals surface area (Å²) in [7, 11) is 1.58. The summed E-state index contributed by atoms with van der Waals surface area (Å²) in [5.74, 6) is -0.500. The Morgan fingerprint density at radius 1 is 1.39 bits per heavy atom. The summed E-state index contributed by atoms with van der Waals surface area (Å²) in [5.41, 5.74) is 0.000646. The maximum atomic E-state index is 14.0. The second-order valence-electron chi connectivity index (χ2n) is 7.09. The van der Waals surface area contributed by atoms with E-state index in [2.05, 4.69) is 13.8 Å². The Morgan fingerprint density at radius 3 is 2.74 bits per heavy atom. The third-order valence-corrected chi connectivity index (χ3v) is 5.63. The van der Waals surface area contributed by atoms with Crippen LogP contribution in [0, 0.1) is 11.2 Å². The molecule has 0 aromatic heterocycles. The summed E-state index contributed by atoms with van der Waals surface area (Å²) in [6, 6.07) is 4.11. The van der Waals surface area contributed by atoms with Crippen LogP contribution >= 0.6 is 11.6 Å². The standard InChI is InChI=1S/C17H22ClFN2O2/c1-16(2)7-9-23-17(16)6-8-21(11-17)15(22)20(3)14-5-4-12(18)10-13(14)19/h4-5,10H,6-9,11H2,1-3H3. The molecule has 0 bridgehead atoms. The van der Waals surface area contributed by atoms with Crippen LogP contribution in [0.25, 0.3) is 0 Å². The van der Waals surface area contributed by atoms with Crippen molar-refractivity contribution in [2.24, 2.45) is 5.41 Å². The van der Waals surface area contributed by atoms with Crippen LogP contribution in [0.2, 0.25) is 5.02 Å². The molecule has 2 aliphatic heterocycles. The van der Waals surface area contributed by atoms with Crippen LogP contribution in [0.15, 0.2) is 18.2 Å². The molecule has 0 radical (unpaired) electrons. The highest BCUT2D eigenvalue weighted by molar-refractivity contribution is 6.30. The molecule has 2 amide bonds. The highest BCUT2D eigenvalue weighted by Gasteiger charge is 2.54. The molecule has 1 aromatic carbocycles. The van der Waals surface area contributed by atoms with Crippen LogP contribution in [-0.2, 0) is 4.74 Å². The number of hydrogen-bond acceptors (Lipinski definition) is 2. The van der Waals surface area contributed by atoms with Gasteiger partial charge in [-0.25, -0.2) is 9.18 Å². The molecule has 2 heterocycles. The van der Waals surface area contributed by atoms with Gasteiger partial charge in [-0.2, -0.15) is 0 Å². The number of anilines is 1. The van der Waals surface area contributed by atoms with Crippen molar-refractivity contribution in [1.29, 1.82) is 0 Å². The Kier molecular flexibility index (Phi) is 4.05. The zero-order chi connectivity index (χ0) is 16.8. The molecule has 2 saturated heterocycles. The van der Waals surface area contributed by atoms with Crippen molar-refractivity contribution < 1.29 is 13.9 Å². The van der Waals surface area contributed by atoms with Crippen LogP contribution in [0.3, 0.4) is 0 Å². The fraction of sp³-hybridized carbons (Fsp3) is 0.588. The topological polar surface area (TPSA) is 32.8 Å². The molecule has 4 nitrogen and oxygen atoms in total. The average Bonchev–Trinajstić information content (AvgIpc) is 3.03. The van der Waals surface area contributed by atoms with E-state index in [0.29, 0.717) is 18.1 Å². The van der Waals surface area contributed by atoms with Gasteiger partial charge in [-0.1, -0.05) is 25.4 Å². The molecule has 3 rings (SSSR count). The monoisotopic (exact) mass is 340 g/mol. The summed E-state index contributed by atoms with van der Waals surface area (Å²) in [6.45, 7) is 6.30. The van der Waals surface area contributed by atoms with Gasteiger partial charge in [-0.3, -0.25) is 4.90 Å². The molecular weight excluding hydrogens is 319 g/mol. The summed E-state index contributed by atoms with van der Waals surface area (Å²) in [5, 5.41) is 0.313. The first-order valence-corrected chi connectivity index (χ1v) is 8.25. The first kappa shape index (κ1) is 16.5. The molecule has 1 spiro atoms. The average molecular weight is 341 g/mol. The fourth-order valence-electron chi connectivity index (χ4n) is 3.61. The van der Waals surface area contributed by atoms with Gasteiger partial charge in [0, 0.05) is 25.2 Å². The van der Waals surface area contributed by atoms with Crippen molar-refractivity contribution in [2.45, 2.75) is 32.3 Å². The van der Waals surface area contributed by atoms with E-state index in [-0.39, 0.29) is 22.7 Å². The number of likely N-dealkylation sites (tertiary alicyclic amines) is 1. The summed E-state index contributed by atoms with van der Waals surface area (Å²) >= 11 is 5.77. The molecule has 1 aromatic rings. The molecule has 0 saturated carbocycles. The molecule has 2 aliphatic rings. The maximum Gasteiger partial charge on any atom is 0.324 e. The third-order valence-electron chi connectivity index (χ3n) is 5.40. The van der Waals surface area contributed by atoms with Crippen molar-refractivity contribution in [3.8, 4) is 0 Å². The second-order valence-corrected chi connectivity index (χ2v) is 7.52. The van der Waals surface area contributed by atoms with Crippen LogP contribution < -0.4 is 4.90 Å². The van der Waals surface area contributed by atoms with Crippen LogP contribution in [-0.4, -0.2) is 43.3 Å². The van der Waals surface area contributed by atoms with Gasteiger partial charge in [0.15, 0.2) is 0 Å². The predicted molar refractivity (Wildman–Crippen MR) is 88.5 cm³/mol. The molecule has 23 heavy (non-hydrogen) atoms. The highest BCUT2D eigenvalue weighted by atomic mass is 35.5. The van der Waals surface area contributed by atoms with Gasteiger partial charge in [-0.05, 0) is 36.5 Å². The Morgan fingerprint density at radius 2 is 2.13 bits per heavy atom.